The Morgan fingerprint density at radius 1 is 1.05 bits per heavy atom. The van der Waals surface area contributed by atoms with Crippen molar-refractivity contribution in [3.8, 4) is 0 Å². The highest BCUT2D eigenvalue weighted by Gasteiger charge is 2.16. The second kappa shape index (κ2) is 5.48. The molecule has 2 aromatic carbocycles. The molecule has 0 amide bonds. The van der Waals surface area contributed by atoms with Gasteiger partial charge in [-0.15, -0.1) is 0 Å². The van der Waals surface area contributed by atoms with Crippen LogP contribution in [0.4, 0.5) is 0 Å². The van der Waals surface area contributed by atoms with Crippen LogP contribution >= 0.6 is 0 Å². The van der Waals surface area contributed by atoms with Gasteiger partial charge in [0.05, 0.1) is 5.92 Å². The molecule has 0 saturated heterocycles. The third kappa shape index (κ3) is 2.88. The Hall–Kier alpha value is -2.42. The summed E-state index contributed by atoms with van der Waals surface area (Å²) in [6.07, 6.45) is 0. The van der Waals surface area contributed by atoms with E-state index in [0.717, 1.165) is 0 Å². The molecule has 1 N–H and O–H groups in total. The van der Waals surface area contributed by atoms with Gasteiger partial charge in [0.15, 0.2) is 5.78 Å². The van der Waals surface area contributed by atoms with E-state index in [2.05, 4.69) is 0 Å². The molecule has 2 aromatic rings. The van der Waals surface area contributed by atoms with Crippen molar-refractivity contribution >= 4 is 11.8 Å². The highest BCUT2D eigenvalue weighted by molar-refractivity contribution is 6.09. The van der Waals surface area contributed by atoms with Gasteiger partial charge < -0.3 is 5.11 Å². The van der Waals surface area contributed by atoms with Crippen molar-refractivity contribution in [2.24, 2.45) is 0 Å². The van der Waals surface area contributed by atoms with Crippen LogP contribution in [0.15, 0.2) is 54.6 Å². The first-order valence-corrected chi connectivity index (χ1v) is 5.73. The van der Waals surface area contributed by atoms with Gasteiger partial charge in [-0.05, 0) is 18.5 Å². The van der Waals surface area contributed by atoms with E-state index < -0.39 is 18.7 Å². The molecule has 1 atom stereocenters. The molecule has 3 heteroatoms. The first kappa shape index (κ1) is 9.50. The SMILES string of the molecule is [2H][13C]([2H])([2H])[C@H](C(=O)O)c1cccc(C(=O)c2ccccc2)c1. The predicted molar refractivity (Wildman–Crippen MR) is 72.4 cm³/mol. The quantitative estimate of drug-likeness (QED) is 0.677. The summed E-state index contributed by atoms with van der Waals surface area (Å²) >= 11 is 0. The van der Waals surface area contributed by atoms with Crippen LogP contribution in [0.5, 0.6) is 0 Å². The molecule has 3 nitrogen and oxygen atoms in total. The molecule has 0 aliphatic rings. The number of carboxylic acid groups (broad SMARTS) is 1. The van der Waals surface area contributed by atoms with Gasteiger partial charge in [0.2, 0.25) is 0 Å². The van der Waals surface area contributed by atoms with Crippen LogP contribution in [-0.4, -0.2) is 16.9 Å². The molecule has 0 aliphatic heterocycles. The summed E-state index contributed by atoms with van der Waals surface area (Å²) in [5.74, 6) is -3.38. The van der Waals surface area contributed by atoms with Crippen molar-refractivity contribution in [3.05, 3.63) is 71.3 Å². The van der Waals surface area contributed by atoms with Crippen LogP contribution in [0, 0.1) is 0 Å². The second-order valence-electron chi connectivity index (χ2n) is 4.09. The van der Waals surface area contributed by atoms with E-state index in [4.69, 9.17) is 9.22 Å². The highest BCUT2D eigenvalue weighted by atomic mass is 16.4. The van der Waals surface area contributed by atoms with E-state index in [1.807, 2.05) is 0 Å². The number of ketones is 1. The Bertz CT molecular complexity index is 693. The topological polar surface area (TPSA) is 54.4 Å². The first-order valence-electron chi connectivity index (χ1n) is 7.23. The Balaban J connectivity index is 2.42. The Kier molecular flexibility index (Phi) is 2.74. The van der Waals surface area contributed by atoms with Gasteiger partial charge in [-0.3, -0.25) is 9.59 Å². The van der Waals surface area contributed by atoms with Crippen LogP contribution in [0.1, 0.15) is 38.4 Å². The summed E-state index contributed by atoms with van der Waals surface area (Å²) in [6, 6.07) is 14.3. The van der Waals surface area contributed by atoms with Crippen molar-refractivity contribution < 1.29 is 18.8 Å². The van der Waals surface area contributed by atoms with Crippen molar-refractivity contribution in [1.82, 2.24) is 0 Å². The van der Waals surface area contributed by atoms with Gasteiger partial charge in [0.1, 0.15) is 0 Å². The summed E-state index contributed by atoms with van der Waals surface area (Å²) < 4.78 is 22.1. The molecular formula is C16H14O3. The fourth-order valence-corrected chi connectivity index (χ4v) is 1.76. The average Bonchev–Trinajstić information content (AvgIpc) is 2.46. The maximum Gasteiger partial charge on any atom is 0.310 e. The summed E-state index contributed by atoms with van der Waals surface area (Å²) in [7, 11) is 0. The molecule has 96 valence electrons. The minimum absolute atomic E-state index is 0.0919. The minimum atomic E-state index is -2.68. The fourth-order valence-electron chi connectivity index (χ4n) is 1.76. The van der Waals surface area contributed by atoms with Crippen LogP contribution < -0.4 is 0 Å². The average molecular weight is 258 g/mol. The molecule has 2 rings (SSSR count). The molecule has 0 radical (unpaired) electrons. The summed E-state index contributed by atoms with van der Waals surface area (Å²) in [6.45, 7) is -2.68. The third-order valence-corrected chi connectivity index (χ3v) is 2.77. The zero-order valence-electron chi connectivity index (χ0n) is 13.0. The van der Waals surface area contributed by atoms with Crippen LogP contribution in [-0.2, 0) is 4.79 Å². The fraction of sp³-hybridized carbons (Fsp3) is 0.125. The van der Waals surface area contributed by atoms with Gasteiger partial charge in [-0.1, -0.05) is 48.5 Å². The van der Waals surface area contributed by atoms with Crippen LogP contribution in [0.2, 0.25) is 0 Å². The van der Waals surface area contributed by atoms with Gasteiger partial charge in [0, 0.05) is 15.2 Å². The maximum absolute atomic E-state index is 12.4. The van der Waals surface area contributed by atoms with Gasteiger partial charge in [-0.2, -0.15) is 0 Å². The van der Waals surface area contributed by atoms with Crippen molar-refractivity contribution in [2.75, 3.05) is 0 Å². The third-order valence-electron chi connectivity index (χ3n) is 2.77. The van der Waals surface area contributed by atoms with Crippen molar-refractivity contribution in [1.29, 1.82) is 0 Å². The lowest BCUT2D eigenvalue weighted by Crippen LogP contribution is -2.09. The van der Waals surface area contributed by atoms with Crippen molar-refractivity contribution in [2.45, 2.75) is 12.8 Å². The molecule has 0 heterocycles. The summed E-state index contributed by atoms with van der Waals surface area (Å²) in [5, 5.41) is 9.16. The zero-order valence-corrected chi connectivity index (χ0v) is 10.0. The van der Waals surface area contributed by atoms with E-state index >= 15 is 0 Å². The highest BCUT2D eigenvalue weighted by Crippen LogP contribution is 2.18. The standard InChI is InChI=1S/C16H14O3/c1-11(16(18)19)13-8-5-9-14(10-13)15(17)12-6-3-2-4-7-12/h2-11H,1H3,(H,18,19)/t11-/m0/s1/i1+1D3. The number of hydrogen-bond acceptors (Lipinski definition) is 2. The van der Waals surface area contributed by atoms with E-state index in [9.17, 15) is 9.59 Å². The number of benzene rings is 2. The molecule has 0 saturated carbocycles. The second-order valence-corrected chi connectivity index (χ2v) is 4.09. The Labute approximate surface area is 115 Å². The lowest BCUT2D eigenvalue weighted by Gasteiger charge is -2.08. The van der Waals surface area contributed by atoms with E-state index in [-0.39, 0.29) is 16.9 Å². The van der Waals surface area contributed by atoms with Crippen molar-refractivity contribution in [3.63, 3.8) is 0 Å². The zero-order chi connectivity index (χ0) is 16.3. The molecule has 0 fully saturated rings. The monoisotopic (exact) mass is 258 g/mol. The van der Waals surface area contributed by atoms with Gasteiger partial charge in [0.25, 0.3) is 0 Å². The first-order chi connectivity index (χ1) is 10.3. The molecule has 0 unspecified atom stereocenters. The number of carbonyl (C=O) groups excluding carboxylic acids is 1. The largest absolute Gasteiger partial charge is 0.481 e. The molecule has 0 aromatic heterocycles. The predicted octanol–water partition coefficient (Wildman–Crippen LogP) is 3.11. The minimum Gasteiger partial charge on any atom is -0.481 e. The summed E-state index contributed by atoms with van der Waals surface area (Å²) in [4.78, 5) is 23.6. The number of rotatable bonds is 4. The van der Waals surface area contributed by atoms with E-state index in [0.29, 0.717) is 5.56 Å². The number of hydrogen-bond donors (Lipinski definition) is 1. The Morgan fingerprint density at radius 3 is 2.37 bits per heavy atom. The molecule has 0 aliphatic carbocycles. The lowest BCUT2D eigenvalue weighted by molar-refractivity contribution is -0.138. The van der Waals surface area contributed by atoms with E-state index in [1.165, 1.54) is 24.3 Å². The number of carbonyl (C=O) groups is 2. The molecule has 0 bridgehead atoms. The van der Waals surface area contributed by atoms with Gasteiger partial charge in [-0.25, -0.2) is 0 Å². The van der Waals surface area contributed by atoms with Crippen LogP contribution in [0.3, 0.4) is 0 Å². The molecule has 19 heavy (non-hydrogen) atoms. The van der Waals surface area contributed by atoms with Crippen LogP contribution in [0.25, 0.3) is 0 Å². The maximum atomic E-state index is 12.4. The Morgan fingerprint density at radius 2 is 1.74 bits per heavy atom. The normalized spacial score (nSPS) is 14.8. The van der Waals surface area contributed by atoms with E-state index in [1.54, 1.807) is 30.3 Å². The smallest absolute Gasteiger partial charge is 0.310 e. The lowest BCUT2D eigenvalue weighted by atomic mass is 9.98. The number of carboxylic acids is 1. The van der Waals surface area contributed by atoms with Gasteiger partial charge >= 0.3 is 5.97 Å². The number of aliphatic carboxylic acids is 1. The molecule has 0 spiro atoms. The molecular weight excluding hydrogens is 241 g/mol. The summed E-state index contributed by atoms with van der Waals surface area (Å²) in [5.41, 5.74) is 0.814.